The maximum Gasteiger partial charge on any atom is 0.128 e. The first-order chi connectivity index (χ1) is 11.2. The predicted molar refractivity (Wildman–Crippen MR) is 88.0 cm³/mol. The summed E-state index contributed by atoms with van der Waals surface area (Å²) in [6, 6.07) is 13.9. The second-order valence-corrected chi connectivity index (χ2v) is 6.12. The minimum Gasteiger partial charge on any atom is -0.290 e. The molecule has 0 unspecified atom stereocenters. The Balaban J connectivity index is 1.52. The van der Waals surface area contributed by atoms with E-state index in [1.54, 1.807) is 16.9 Å². The Morgan fingerprint density at radius 1 is 1.04 bits per heavy atom. The lowest BCUT2D eigenvalue weighted by Gasteiger charge is -2.15. The molecule has 0 saturated carbocycles. The molecule has 2 aromatic carbocycles. The van der Waals surface area contributed by atoms with Gasteiger partial charge in [0.15, 0.2) is 0 Å². The number of hydrogen-bond acceptors (Lipinski definition) is 2. The molecule has 116 valence electrons. The van der Waals surface area contributed by atoms with Crippen molar-refractivity contribution in [1.29, 1.82) is 0 Å². The highest BCUT2D eigenvalue weighted by atomic mass is 19.1. The Hall–Kier alpha value is -2.46. The SMILES string of the molecule is Cn1cc(-c2ccc(CN3Cc4ccccc4C3)c(F)c2)cn1. The van der Waals surface area contributed by atoms with Gasteiger partial charge < -0.3 is 0 Å². The summed E-state index contributed by atoms with van der Waals surface area (Å²) in [4.78, 5) is 2.27. The number of rotatable bonds is 3. The number of halogens is 1. The van der Waals surface area contributed by atoms with Crippen molar-refractivity contribution in [3.63, 3.8) is 0 Å². The lowest BCUT2D eigenvalue weighted by molar-refractivity contribution is 0.271. The largest absolute Gasteiger partial charge is 0.290 e. The van der Waals surface area contributed by atoms with E-state index in [0.717, 1.165) is 29.8 Å². The Labute approximate surface area is 135 Å². The Bertz CT molecular complexity index is 828. The van der Waals surface area contributed by atoms with E-state index in [2.05, 4.69) is 34.3 Å². The summed E-state index contributed by atoms with van der Waals surface area (Å²) >= 11 is 0. The zero-order valence-electron chi connectivity index (χ0n) is 13.0. The summed E-state index contributed by atoms with van der Waals surface area (Å²) < 4.78 is 16.2. The molecule has 1 aliphatic rings. The first-order valence-electron chi connectivity index (χ1n) is 7.75. The van der Waals surface area contributed by atoms with Crippen LogP contribution >= 0.6 is 0 Å². The van der Waals surface area contributed by atoms with Gasteiger partial charge in [0.25, 0.3) is 0 Å². The summed E-state index contributed by atoms with van der Waals surface area (Å²) in [5, 5.41) is 4.14. The molecule has 1 aromatic heterocycles. The average Bonchev–Trinajstić information content (AvgIpc) is 3.15. The average molecular weight is 307 g/mol. The number of benzene rings is 2. The molecule has 0 spiro atoms. The highest BCUT2D eigenvalue weighted by molar-refractivity contribution is 5.62. The summed E-state index contributed by atoms with van der Waals surface area (Å²) in [6.07, 6.45) is 3.65. The highest BCUT2D eigenvalue weighted by Crippen LogP contribution is 2.26. The van der Waals surface area contributed by atoms with Gasteiger partial charge in [0, 0.05) is 44.0 Å². The van der Waals surface area contributed by atoms with Gasteiger partial charge in [0.05, 0.1) is 6.20 Å². The van der Waals surface area contributed by atoms with E-state index in [9.17, 15) is 4.39 Å². The van der Waals surface area contributed by atoms with E-state index in [4.69, 9.17) is 0 Å². The maximum absolute atomic E-state index is 14.5. The molecule has 23 heavy (non-hydrogen) atoms. The van der Waals surface area contributed by atoms with E-state index in [1.807, 2.05) is 25.4 Å². The molecule has 4 heteroatoms. The molecule has 0 atom stereocenters. The fourth-order valence-corrected chi connectivity index (χ4v) is 3.18. The molecular weight excluding hydrogens is 289 g/mol. The molecule has 0 radical (unpaired) electrons. The Kier molecular flexibility index (Phi) is 3.46. The smallest absolute Gasteiger partial charge is 0.128 e. The van der Waals surface area contributed by atoms with Crippen LogP contribution in [-0.2, 0) is 26.7 Å². The predicted octanol–water partition coefficient (Wildman–Crippen LogP) is 3.74. The molecule has 0 saturated heterocycles. The van der Waals surface area contributed by atoms with Crippen LogP contribution < -0.4 is 0 Å². The fourth-order valence-electron chi connectivity index (χ4n) is 3.18. The Morgan fingerprint density at radius 2 is 1.78 bits per heavy atom. The van der Waals surface area contributed by atoms with Crippen molar-refractivity contribution in [2.24, 2.45) is 7.05 Å². The number of aryl methyl sites for hydroxylation is 1. The summed E-state index contributed by atoms with van der Waals surface area (Å²) in [6.45, 7) is 2.41. The molecule has 4 rings (SSSR count). The van der Waals surface area contributed by atoms with Crippen LogP contribution in [0.15, 0.2) is 54.9 Å². The van der Waals surface area contributed by atoms with Gasteiger partial charge in [-0.15, -0.1) is 0 Å². The van der Waals surface area contributed by atoms with Crippen LogP contribution in [0.25, 0.3) is 11.1 Å². The number of nitrogens with zero attached hydrogens (tertiary/aromatic N) is 3. The molecule has 3 aromatic rings. The van der Waals surface area contributed by atoms with Crippen LogP contribution in [-0.4, -0.2) is 14.7 Å². The lowest BCUT2D eigenvalue weighted by Crippen LogP contribution is -2.16. The third-order valence-corrected chi connectivity index (χ3v) is 4.39. The van der Waals surface area contributed by atoms with E-state index in [-0.39, 0.29) is 5.82 Å². The number of hydrogen-bond donors (Lipinski definition) is 0. The fraction of sp³-hybridized carbons (Fsp3) is 0.211. The second kappa shape index (κ2) is 5.63. The van der Waals surface area contributed by atoms with Gasteiger partial charge >= 0.3 is 0 Å². The van der Waals surface area contributed by atoms with Gasteiger partial charge in [0.1, 0.15) is 5.82 Å². The molecule has 0 aliphatic carbocycles. The van der Waals surface area contributed by atoms with E-state index in [0.29, 0.717) is 6.54 Å². The van der Waals surface area contributed by atoms with Crippen LogP contribution in [0.4, 0.5) is 4.39 Å². The topological polar surface area (TPSA) is 21.1 Å². The quantitative estimate of drug-likeness (QED) is 0.735. The van der Waals surface area contributed by atoms with Crippen LogP contribution in [0.5, 0.6) is 0 Å². The third-order valence-electron chi connectivity index (χ3n) is 4.39. The van der Waals surface area contributed by atoms with Crippen molar-refractivity contribution in [3.05, 3.63) is 77.4 Å². The van der Waals surface area contributed by atoms with Crippen molar-refractivity contribution in [2.45, 2.75) is 19.6 Å². The Morgan fingerprint density at radius 3 is 2.39 bits per heavy atom. The summed E-state index contributed by atoms with van der Waals surface area (Å²) in [5.74, 6) is -0.151. The van der Waals surface area contributed by atoms with Crippen LogP contribution in [0.2, 0.25) is 0 Å². The lowest BCUT2D eigenvalue weighted by atomic mass is 10.1. The minimum atomic E-state index is -0.151. The first kappa shape index (κ1) is 14.2. The standard InChI is InChI=1S/C19H18FN3/c1-22-10-18(9-21-22)14-6-7-17(19(20)8-14)13-23-11-15-4-2-3-5-16(15)12-23/h2-10H,11-13H2,1H3. The summed E-state index contributed by atoms with van der Waals surface area (Å²) in [7, 11) is 1.86. The molecular formula is C19H18FN3. The molecule has 0 N–H and O–H groups in total. The maximum atomic E-state index is 14.5. The van der Waals surface area contributed by atoms with E-state index < -0.39 is 0 Å². The summed E-state index contributed by atoms with van der Waals surface area (Å²) in [5.41, 5.74) is 5.24. The molecule has 2 heterocycles. The highest BCUT2D eigenvalue weighted by Gasteiger charge is 2.19. The van der Waals surface area contributed by atoms with Gasteiger partial charge in [-0.2, -0.15) is 5.10 Å². The molecule has 0 fully saturated rings. The zero-order valence-corrected chi connectivity index (χ0v) is 13.0. The van der Waals surface area contributed by atoms with Crippen molar-refractivity contribution >= 4 is 0 Å². The van der Waals surface area contributed by atoms with Crippen LogP contribution in [0, 0.1) is 5.82 Å². The first-order valence-corrected chi connectivity index (χ1v) is 7.75. The van der Waals surface area contributed by atoms with Gasteiger partial charge in [0.2, 0.25) is 0 Å². The normalized spacial score (nSPS) is 14.2. The van der Waals surface area contributed by atoms with Gasteiger partial charge in [-0.25, -0.2) is 4.39 Å². The van der Waals surface area contributed by atoms with Crippen molar-refractivity contribution in [2.75, 3.05) is 0 Å². The number of aromatic nitrogens is 2. The van der Waals surface area contributed by atoms with E-state index >= 15 is 0 Å². The van der Waals surface area contributed by atoms with Crippen molar-refractivity contribution in [1.82, 2.24) is 14.7 Å². The monoisotopic (exact) mass is 307 g/mol. The molecule has 3 nitrogen and oxygen atoms in total. The molecule has 0 amide bonds. The van der Waals surface area contributed by atoms with Crippen LogP contribution in [0.1, 0.15) is 16.7 Å². The zero-order chi connectivity index (χ0) is 15.8. The van der Waals surface area contributed by atoms with Crippen molar-refractivity contribution in [3.8, 4) is 11.1 Å². The van der Waals surface area contributed by atoms with Gasteiger partial charge in [-0.3, -0.25) is 9.58 Å². The van der Waals surface area contributed by atoms with Crippen LogP contribution in [0.3, 0.4) is 0 Å². The van der Waals surface area contributed by atoms with Crippen molar-refractivity contribution < 1.29 is 4.39 Å². The van der Waals surface area contributed by atoms with Gasteiger partial charge in [-0.05, 0) is 22.8 Å². The minimum absolute atomic E-state index is 0.151. The third kappa shape index (κ3) is 2.78. The van der Waals surface area contributed by atoms with Gasteiger partial charge in [-0.1, -0.05) is 36.4 Å². The van der Waals surface area contributed by atoms with E-state index in [1.165, 1.54) is 11.1 Å². The number of fused-ring (bicyclic) bond motifs is 1. The molecule has 0 bridgehead atoms. The molecule has 1 aliphatic heterocycles. The second-order valence-electron chi connectivity index (χ2n) is 6.12.